The van der Waals surface area contributed by atoms with Crippen molar-refractivity contribution in [3.63, 3.8) is 0 Å². The Balaban J connectivity index is 2.22. The largest absolute Gasteiger partial charge is 0.290 e. The van der Waals surface area contributed by atoms with Crippen molar-refractivity contribution in [3.05, 3.63) is 70.8 Å². The first kappa shape index (κ1) is 11.8. The highest BCUT2D eigenvalue weighted by Gasteiger charge is 2.35. The number of hydrogen-bond acceptors (Lipinski definition) is 2. The second-order valence-electron chi connectivity index (χ2n) is 4.95. The fourth-order valence-corrected chi connectivity index (χ4v) is 2.76. The second-order valence-corrected chi connectivity index (χ2v) is 4.95. The van der Waals surface area contributed by atoms with Crippen molar-refractivity contribution in [2.75, 3.05) is 0 Å². The van der Waals surface area contributed by atoms with Crippen LogP contribution in [-0.4, -0.2) is 11.6 Å². The summed E-state index contributed by atoms with van der Waals surface area (Å²) in [6, 6.07) is 15.5. The molecule has 2 aromatic rings. The van der Waals surface area contributed by atoms with E-state index >= 15 is 0 Å². The summed E-state index contributed by atoms with van der Waals surface area (Å²) in [5.41, 5.74) is 3.93. The van der Waals surface area contributed by atoms with Gasteiger partial charge in [-0.2, -0.15) is 0 Å². The SMILES string of the molecule is Cc1ccccc1C1C(=O)C(=O)Cc2ccccc21. The first-order chi connectivity index (χ1) is 9.18. The molecule has 0 radical (unpaired) electrons. The third kappa shape index (κ3) is 1.89. The highest BCUT2D eigenvalue weighted by Crippen LogP contribution is 2.34. The van der Waals surface area contributed by atoms with E-state index < -0.39 is 5.92 Å². The first-order valence-corrected chi connectivity index (χ1v) is 6.39. The van der Waals surface area contributed by atoms with Gasteiger partial charge in [0.2, 0.25) is 11.6 Å². The molecule has 3 rings (SSSR count). The minimum absolute atomic E-state index is 0.234. The Hall–Kier alpha value is -2.22. The minimum Gasteiger partial charge on any atom is -0.290 e. The van der Waals surface area contributed by atoms with Gasteiger partial charge < -0.3 is 0 Å². The summed E-state index contributed by atoms with van der Waals surface area (Å²) in [7, 11) is 0. The number of ketones is 2. The van der Waals surface area contributed by atoms with Gasteiger partial charge in [0.05, 0.1) is 5.92 Å². The number of carbonyl (C=O) groups is 2. The van der Waals surface area contributed by atoms with Crippen LogP contribution in [0.25, 0.3) is 0 Å². The molecule has 0 N–H and O–H groups in total. The molecule has 19 heavy (non-hydrogen) atoms. The van der Waals surface area contributed by atoms with E-state index in [4.69, 9.17) is 0 Å². The molecule has 0 aromatic heterocycles. The average molecular weight is 250 g/mol. The third-order valence-corrected chi connectivity index (χ3v) is 3.75. The van der Waals surface area contributed by atoms with E-state index in [0.717, 1.165) is 22.3 Å². The van der Waals surface area contributed by atoms with Gasteiger partial charge in [-0.25, -0.2) is 0 Å². The van der Waals surface area contributed by atoms with Gasteiger partial charge >= 0.3 is 0 Å². The predicted octanol–water partition coefficient (Wildman–Crippen LogP) is 2.82. The van der Waals surface area contributed by atoms with Crippen molar-refractivity contribution in [2.45, 2.75) is 19.3 Å². The maximum absolute atomic E-state index is 12.3. The van der Waals surface area contributed by atoms with Gasteiger partial charge in [-0.05, 0) is 29.2 Å². The fourth-order valence-electron chi connectivity index (χ4n) is 2.76. The van der Waals surface area contributed by atoms with Gasteiger partial charge in [0.25, 0.3) is 0 Å². The Morgan fingerprint density at radius 3 is 2.26 bits per heavy atom. The van der Waals surface area contributed by atoms with Crippen LogP contribution < -0.4 is 0 Å². The number of rotatable bonds is 1. The fraction of sp³-hybridized carbons (Fsp3) is 0.176. The molecule has 1 atom stereocenters. The van der Waals surface area contributed by atoms with E-state index in [-0.39, 0.29) is 18.0 Å². The molecule has 2 nitrogen and oxygen atoms in total. The molecule has 0 amide bonds. The number of benzene rings is 2. The van der Waals surface area contributed by atoms with Gasteiger partial charge in [0.1, 0.15) is 0 Å². The van der Waals surface area contributed by atoms with E-state index in [1.807, 2.05) is 55.5 Å². The van der Waals surface area contributed by atoms with Crippen molar-refractivity contribution in [1.29, 1.82) is 0 Å². The Morgan fingerprint density at radius 1 is 0.895 bits per heavy atom. The van der Waals surface area contributed by atoms with Crippen LogP contribution in [0.2, 0.25) is 0 Å². The van der Waals surface area contributed by atoms with Crippen LogP contribution in [0.4, 0.5) is 0 Å². The standard InChI is InChI=1S/C17H14O2/c1-11-6-2-4-8-13(11)16-14-9-5-3-7-12(14)10-15(18)17(16)19/h2-9,16H,10H2,1H3. The van der Waals surface area contributed by atoms with Gasteiger partial charge in [-0.3, -0.25) is 9.59 Å². The lowest BCUT2D eigenvalue weighted by Crippen LogP contribution is -2.31. The summed E-state index contributed by atoms with van der Waals surface area (Å²) >= 11 is 0. The van der Waals surface area contributed by atoms with E-state index in [1.54, 1.807) is 0 Å². The number of Topliss-reactive ketones (excluding diaryl/α,β-unsaturated/α-hetero) is 2. The van der Waals surface area contributed by atoms with E-state index in [2.05, 4.69) is 0 Å². The Morgan fingerprint density at radius 2 is 1.53 bits per heavy atom. The number of fused-ring (bicyclic) bond motifs is 1. The highest BCUT2D eigenvalue weighted by molar-refractivity contribution is 6.41. The van der Waals surface area contributed by atoms with Gasteiger partial charge in [-0.15, -0.1) is 0 Å². The van der Waals surface area contributed by atoms with Crippen LogP contribution >= 0.6 is 0 Å². The monoisotopic (exact) mass is 250 g/mol. The summed E-state index contributed by atoms with van der Waals surface area (Å²) in [4.78, 5) is 24.2. The first-order valence-electron chi connectivity index (χ1n) is 6.39. The van der Waals surface area contributed by atoms with Crippen LogP contribution in [0.1, 0.15) is 28.2 Å². The van der Waals surface area contributed by atoms with Crippen LogP contribution in [0, 0.1) is 6.92 Å². The molecule has 0 heterocycles. The Bertz CT molecular complexity index is 670. The molecule has 2 aromatic carbocycles. The number of carbonyl (C=O) groups excluding carboxylic acids is 2. The van der Waals surface area contributed by atoms with E-state index in [1.165, 1.54) is 0 Å². The maximum atomic E-state index is 12.3. The molecule has 1 aliphatic rings. The van der Waals surface area contributed by atoms with Gasteiger partial charge in [0.15, 0.2) is 0 Å². The predicted molar refractivity (Wildman–Crippen MR) is 73.2 cm³/mol. The lowest BCUT2D eigenvalue weighted by atomic mass is 9.76. The van der Waals surface area contributed by atoms with Crippen LogP contribution in [0.15, 0.2) is 48.5 Å². The summed E-state index contributed by atoms with van der Waals surface area (Å²) in [5, 5.41) is 0. The topological polar surface area (TPSA) is 34.1 Å². The molecule has 2 heteroatoms. The Labute approximate surface area is 112 Å². The van der Waals surface area contributed by atoms with E-state index in [9.17, 15) is 9.59 Å². The lowest BCUT2D eigenvalue weighted by Gasteiger charge is -2.24. The zero-order valence-electron chi connectivity index (χ0n) is 10.7. The number of aryl methyl sites for hydroxylation is 1. The maximum Gasteiger partial charge on any atom is 0.210 e. The average Bonchev–Trinajstić information content (AvgIpc) is 2.42. The third-order valence-electron chi connectivity index (χ3n) is 3.75. The molecule has 94 valence electrons. The van der Waals surface area contributed by atoms with Gasteiger partial charge in [-0.1, -0.05) is 48.5 Å². The van der Waals surface area contributed by atoms with Gasteiger partial charge in [0, 0.05) is 6.42 Å². The molecule has 0 saturated carbocycles. The van der Waals surface area contributed by atoms with Crippen molar-refractivity contribution >= 4 is 11.6 Å². The summed E-state index contributed by atoms with van der Waals surface area (Å²) in [6.45, 7) is 1.98. The Kier molecular flexibility index (Phi) is 2.79. The molecular weight excluding hydrogens is 236 g/mol. The number of hydrogen-bond donors (Lipinski definition) is 0. The molecule has 0 fully saturated rings. The smallest absolute Gasteiger partial charge is 0.210 e. The normalized spacial score (nSPS) is 18.3. The van der Waals surface area contributed by atoms with Crippen molar-refractivity contribution in [1.82, 2.24) is 0 Å². The highest BCUT2D eigenvalue weighted by atomic mass is 16.2. The molecule has 0 bridgehead atoms. The lowest BCUT2D eigenvalue weighted by molar-refractivity contribution is -0.137. The molecular formula is C17H14O2. The van der Waals surface area contributed by atoms with Crippen LogP contribution in [-0.2, 0) is 16.0 Å². The van der Waals surface area contributed by atoms with Crippen LogP contribution in [0.3, 0.4) is 0 Å². The quantitative estimate of drug-likeness (QED) is 0.729. The molecule has 0 saturated heterocycles. The zero-order valence-corrected chi connectivity index (χ0v) is 10.7. The van der Waals surface area contributed by atoms with Crippen molar-refractivity contribution < 1.29 is 9.59 Å². The second kappa shape index (κ2) is 4.47. The molecule has 0 spiro atoms. The zero-order chi connectivity index (χ0) is 13.4. The molecule has 1 aliphatic carbocycles. The summed E-state index contributed by atoms with van der Waals surface area (Å²) in [6.07, 6.45) is 0.234. The minimum atomic E-state index is -0.432. The van der Waals surface area contributed by atoms with E-state index in [0.29, 0.717) is 0 Å². The summed E-state index contributed by atoms with van der Waals surface area (Å²) < 4.78 is 0. The van der Waals surface area contributed by atoms with Crippen molar-refractivity contribution in [2.24, 2.45) is 0 Å². The van der Waals surface area contributed by atoms with Crippen molar-refractivity contribution in [3.8, 4) is 0 Å². The molecule has 1 unspecified atom stereocenters. The summed E-state index contributed by atoms with van der Waals surface area (Å²) in [5.74, 6) is -1.00. The van der Waals surface area contributed by atoms with Crippen LogP contribution in [0.5, 0.6) is 0 Å². The molecule has 0 aliphatic heterocycles.